The van der Waals surface area contributed by atoms with E-state index < -0.39 is 6.36 Å². The Kier molecular flexibility index (Phi) is 2.90. The third-order valence-electron chi connectivity index (χ3n) is 3.17. The van der Waals surface area contributed by atoms with Gasteiger partial charge in [0.15, 0.2) is 0 Å². The van der Waals surface area contributed by atoms with Gasteiger partial charge in [-0.2, -0.15) is 0 Å². The highest BCUT2D eigenvalue weighted by Gasteiger charge is 2.33. The first kappa shape index (κ1) is 13.2. The van der Waals surface area contributed by atoms with E-state index in [-0.39, 0.29) is 5.75 Å². The molecule has 3 aromatic rings. The van der Waals surface area contributed by atoms with Gasteiger partial charge in [0.25, 0.3) is 0 Å². The lowest BCUT2D eigenvalue weighted by Gasteiger charge is -2.12. The van der Waals surface area contributed by atoms with E-state index in [1.54, 1.807) is 13.0 Å². The van der Waals surface area contributed by atoms with E-state index in [4.69, 9.17) is 0 Å². The summed E-state index contributed by atoms with van der Waals surface area (Å²) in [6.45, 7) is 3.58. The molecule has 0 saturated heterocycles. The molecule has 0 N–H and O–H groups in total. The van der Waals surface area contributed by atoms with Gasteiger partial charge in [-0.3, -0.25) is 0 Å². The minimum Gasteiger partial charge on any atom is -0.404 e. The fraction of sp³-hybridized carbons (Fsp3) is 0.200. The van der Waals surface area contributed by atoms with Crippen molar-refractivity contribution in [3.05, 3.63) is 41.5 Å². The van der Waals surface area contributed by atoms with Crippen molar-refractivity contribution in [1.29, 1.82) is 0 Å². The molecule has 2 aromatic carbocycles. The summed E-state index contributed by atoms with van der Waals surface area (Å²) < 4.78 is 43.4. The molecule has 1 heterocycles. The van der Waals surface area contributed by atoms with Crippen LogP contribution in [0, 0.1) is 13.8 Å². The van der Waals surface area contributed by atoms with Crippen LogP contribution >= 0.6 is 11.3 Å². The fourth-order valence-corrected chi connectivity index (χ4v) is 3.60. The van der Waals surface area contributed by atoms with Crippen LogP contribution in [0.15, 0.2) is 30.3 Å². The number of hydrogen-bond acceptors (Lipinski definition) is 2. The molecule has 5 heteroatoms. The average Bonchev–Trinajstić information content (AvgIpc) is 2.69. The van der Waals surface area contributed by atoms with Gasteiger partial charge in [-0.1, -0.05) is 24.3 Å². The third kappa shape index (κ3) is 2.22. The Morgan fingerprint density at radius 3 is 2.40 bits per heavy atom. The fourth-order valence-electron chi connectivity index (χ4n) is 2.26. The zero-order valence-corrected chi connectivity index (χ0v) is 11.7. The van der Waals surface area contributed by atoms with Crippen molar-refractivity contribution in [1.82, 2.24) is 0 Å². The Morgan fingerprint density at radius 1 is 1.00 bits per heavy atom. The zero-order chi connectivity index (χ0) is 14.5. The van der Waals surface area contributed by atoms with Crippen LogP contribution in [0.1, 0.15) is 11.1 Å². The highest BCUT2D eigenvalue weighted by molar-refractivity contribution is 7.26. The summed E-state index contributed by atoms with van der Waals surface area (Å²) in [4.78, 5) is 0. The first-order chi connectivity index (χ1) is 9.35. The average molecular weight is 296 g/mol. The van der Waals surface area contributed by atoms with Gasteiger partial charge in [-0.25, -0.2) is 0 Å². The Hall–Kier alpha value is -1.75. The zero-order valence-electron chi connectivity index (χ0n) is 10.8. The number of rotatable bonds is 1. The monoisotopic (exact) mass is 296 g/mol. The molecule has 1 nitrogen and oxygen atoms in total. The topological polar surface area (TPSA) is 9.23 Å². The maximum Gasteiger partial charge on any atom is 0.573 e. The number of thiophene rings is 1. The molecule has 0 bridgehead atoms. The smallest absolute Gasteiger partial charge is 0.404 e. The van der Waals surface area contributed by atoms with Crippen molar-refractivity contribution in [2.45, 2.75) is 20.2 Å². The van der Waals surface area contributed by atoms with Crippen LogP contribution < -0.4 is 4.74 Å². The lowest BCUT2D eigenvalue weighted by molar-refractivity contribution is -0.274. The molecule has 1 aromatic heterocycles. The molecule has 0 atom stereocenters. The van der Waals surface area contributed by atoms with Crippen molar-refractivity contribution in [3.8, 4) is 5.75 Å². The second kappa shape index (κ2) is 4.38. The quantitative estimate of drug-likeness (QED) is 0.570. The second-order valence-electron chi connectivity index (χ2n) is 4.74. The van der Waals surface area contributed by atoms with Crippen LogP contribution in [-0.4, -0.2) is 6.36 Å². The maximum atomic E-state index is 12.6. The highest BCUT2D eigenvalue weighted by atomic mass is 32.1. The number of ether oxygens (including phenoxy) is 1. The summed E-state index contributed by atoms with van der Waals surface area (Å²) in [7, 11) is 0. The van der Waals surface area contributed by atoms with Gasteiger partial charge in [0.1, 0.15) is 5.75 Å². The molecular weight excluding hydrogens is 285 g/mol. The molecule has 104 valence electrons. The van der Waals surface area contributed by atoms with E-state index in [0.717, 1.165) is 21.0 Å². The summed E-state index contributed by atoms with van der Waals surface area (Å²) in [6.07, 6.45) is -4.68. The molecule has 3 rings (SSSR count). The molecule has 0 amide bonds. The lowest BCUT2D eigenvalue weighted by Crippen LogP contribution is -2.17. The van der Waals surface area contributed by atoms with Gasteiger partial charge in [-0.15, -0.1) is 24.5 Å². The Labute approximate surface area is 117 Å². The van der Waals surface area contributed by atoms with Crippen LogP contribution in [0.4, 0.5) is 13.2 Å². The van der Waals surface area contributed by atoms with E-state index >= 15 is 0 Å². The predicted octanol–water partition coefficient (Wildman–Crippen LogP) is 5.57. The van der Waals surface area contributed by atoms with Gasteiger partial charge in [0, 0.05) is 15.5 Å². The summed E-state index contributed by atoms with van der Waals surface area (Å²) in [5, 5.41) is 1.76. The number of fused-ring (bicyclic) bond motifs is 3. The lowest BCUT2D eigenvalue weighted by atomic mass is 10.1. The number of benzene rings is 2. The number of hydrogen-bond donors (Lipinski definition) is 0. The Morgan fingerprint density at radius 2 is 1.70 bits per heavy atom. The molecule has 0 radical (unpaired) electrons. The summed E-state index contributed by atoms with van der Waals surface area (Å²) >= 11 is 1.33. The van der Waals surface area contributed by atoms with Gasteiger partial charge in [-0.05, 0) is 31.0 Å². The minimum atomic E-state index is -4.68. The molecular formula is C15H11F3OS. The van der Waals surface area contributed by atoms with E-state index in [1.165, 1.54) is 11.3 Å². The van der Waals surface area contributed by atoms with Crippen molar-refractivity contribution in [3.63, 3.8) is 0 Å². The third-order valence-corrected chi connectivity index (χ3v) is 4.33. The van der Waals surface area contributed by atoms with E-state index in [9.17, 15) is 13.2 Å². The van der Waals surface area contributed by atoms with Crippen LogP contribution in [0.2, 0.25) is 0 Å². The maximum absolute atomic E-state index is 12.6. The summed E-state index contributed by atoms with van der Waals surface area (Å²) in [6, 6.07) is 9.39. The van der Waals surface area contributed by atoms with Crippen molar-refractivity contribution >= 4 is 31.5 Å². The van der Waals surface area contributed by atoms with Crippen molar-refractivity contribution < 1.29 is 17.9 Å². The van der Waals surface area contributed by atoms with E-state index in [1.807, 2.05) is 31.2 Å². The molecule has 0 aliphatic carbocycles. The standard InChI is InChI=1S/C15H11F3OS/c1-8-3-5-10-11-6-4-9(2)13(19-15(16,17)18)14(11)20-12(10)7-8/h3-7H,1-2H3. The normalized spacial score (nSPS) is 12.2. The Balaban J connectivity index is 2.33. The van der Waals surface area contributed by atoms with Crippen molar-refractivity contribution in [2.75, 3.05) is 0 Å². The van der Waals surface area contributed by atoms with E-state index in [0.29, 0.717) is 10.3 Å². The first-order valence-electron chi connectivity index (χ1n) is 6.03. The largest absolute Gasteiger partial charge is 0.573 e. The number of alkyl halides is 3. The molecule has 0 fully saturated rings. The highest BCUT2D eigenvalue weighted by Crippen LogP contribution is 2.42. The van der Waals surface area contributed by atoms with Gasteiger partial charge in [0.2, 0.25) is 0 Å². The van der Waals surface area contributed by atoms with Gasteiger partial charge < -0.3 is 4.74 Å². The minimum absolute atomic E-state index is 0.0890. The van der Waals surface area contributed by atoms with Crippen LogP contribution in [0.5, 0.6) is 5.75 Å². The number of halogens is 3. The first-order valence-corrected chi connectivity index (χ1v) is 6.85. The van der Waals surface area contributed by atoms with Crippen LogP contribution in [-0.2, 0) is 0 Å². The SMILES string of the molecule is Cc1ccc2c(c1)sc1c(OC(F)(F)F)c(C)ccc12. The van der Waals surface area contributed by atoms with Crippen molar-refractivity contribution in [2.24, 2.45) is 0 Å². The predicted molar refractivity (Wildman–Crippen MR) is 75.5 cm³/mol. The summed E-state index contributed by atoms with van der Waals surface area (Å²) in [5.41, 5.74) is 1.57. The molecule has 0 unspecified atom stereocenters. The molecule has 0 spiro atoms. The molecule has 0 aliphatic heterocycles. The van der Waals surface area contributed by atoms with Gasteiger partial charge >= 0.3 is 6.36 Å². The van der Waals surface area contributed by atoms with Crippen LogP contribution in [0.25, 0.3) is 20.2 Å². The summed E-state index contributed by atoms with van der Waals surface area (Å²) in [5.74, 6) is -0.0890. The van der Waals surface area contributed by atoms with E-state index in [2.05, 4.69) is 4.74 Å². The second-order valence-corrected chi connectivity index (χ2v) is 5.79. The van der Waals surface area contributed by atoms with Crippen LogP contribution in [0.3, 0.4) is 0 Å². The Bertz CT molecular complexity index is 802. The molecule has 20 heavy (non-hydrogen) atoms. The van der Waals surface area contributed by atoms with Gasteiger partial charge in [0.05, 0.1) is 4.70 Å². The number of aryl methyl sites for hydroxylation is 2. The molecule has 0 saturated carbocycles. The molecule has 0 aliphatic rings.